The molecule has 2 aromatic carbocycles. The highest BCUT2D eigenvalue weighted by atomic mass is 16.5. The molecule has 0 fully saturated rings. The van der Waals surface area contributed by atoms with Gasteiger partial charge < -0.3 is 20.1 Å². The number of para-hydroxylation sites is 1. The van der Waals surface area contributed by atoms with Gasteiger partial charge in [0.2, 0.25) is 0 Å². The van der Waals surface area contributed by atoms with E-state index in [0.29, 0.717) is 29.0 Å². The van der Waals surface area contributed by atoms with Crippen molar-refractivity contribution >= 4 is 22.8 Å². The Hall–Kier alpha value is -3.97. The topological polar surface area (TPSA) is 89.5 Å². The lowest BCUT2D eigenvalue weighted by Gasteiger charge is -2.30. The monoisotopic (exact) mass is 483 g/mol. The Balaban J connectivity index is 1.43. The highest BCUT2D eigenvalue weighted by molar-refractivity contribution is 6.00. The third kappa shape index (κ3) is 4.38. The number of allylic oxidation sites excluding steroid dienone is 2. The van der Waals surface area contributed by atoms with Crippen molar-refractivity contribution < 1.29 is 19.1 Å². The number of esters is 2. The average Bonchev–Trinajstić information content (AvgIpc) is 3.30. The number of hydrogen-bond acceptors (Lipinski definition) is 7. The summed E-state index contributed by atoms with van der Waals surface area (Å²) >= 11 is 0. The Morgan fingerprint density at radius 2 is 1.72 bits per heavy atom. The van der Waals surface area contributed by atoms with E-state index in [1.165, 1.54) is 18.2 Å². The van der Waals surface area contributed by atoms with Gasteiger partial charge in [0.05, 0.1) is 36.3 Å². The first-order chi connectivity index (χ1) is 17.5. The molecule has 184 valence electrons. The molecule has 0 spiro atoms. The third-order valence-electron chi connectivity index (χ3n) is 6.94. The molecule has 0 saturated heterocycles. The average molecular weight is 484 g/mol. The van der Waals surface area contributed by atoms with E-state index in [1.807, 2.05) is 56.3 Å². The summed E-state index contributed by atoms with van der Waals surface area (Å²) in [4.78, 5) is 31.0. The fourth-order valence-corrected chi connectivity index (χ4v) is 5.21. The Bertz CT molecular complexity index is 1410. The first-order valence-corrected chi connectivity index (χ1v) is 12.1. The number of fused-ring (bicyclic) bond motifs is 2. The number of carbonyl (C=O) groups is 2. The summed E-state index contributed by atoms with van der Waals surface area (Å²) in [7, 11) is 1.34. The summed E-state index contributed by atoms with van der Waals surface area (Å²) in [5.74, 6) is -1.62. The van der Waals surface area contributed by atoms with E-state index in [0.717, 1.165) is 23.0 Å². The number of methoxy groups -OCH3 is 1. The van der Waals surface area contributed by atoms with E-state index >= 15 is 0 Å². The van der Waals surface area contributed by atoms with Crippen LogP contribution in [0.4, 0.5) is 0 Å². The lowest BCUT2D eigenvalue weighted by atomic mass is 9.80. The van der Waals surface area contributed by atoms with Gasteiger partial charge in [-0.2, -0.15) is 0 Å². The molecule has 3 heterocycles. The van der Waals surface area contributed by atoms with Crippen molar-refractivity contribution in [2.24, 2.45) is 0 Å². The van der Waals surface area contributed by atoms with Gasteiger partial charge in [0, 0.05) is 42.0 Å². The van der Waals surface area contributed by atoms with Crippen LogP contribution in [0.2, 0.25) is 0 Å². The Morgan fingerprint density at radius 1 is 1.00 bits per heavy atom. The molecule has 2 unspecified atom stereocenters. The second-order valence-corrected chi connectivity index (χ2v) is 9.15. The second-order valence-electron chi connectivity index (χ2n) is 9.15. The van der Waals surface area contributed by atoms with Gasteiger partial charge in [-0.25, -0.2) is 9.59 Å². The van der Waals surface area contributed by atoms with Gasteiger partial charge in [0.25, 0.3) is 0 Å². The summed E-state index contributed by atoms with van der Waals surface area (Å²) in [6.45, 7) is 4.69. The van der Waals surface area contributed by atoms with Crippen molar-refractivity contribution in [3.05, 3.63) is 100 Å². The minimum absolute atomic E-state index is 0.141. The zero-order valence-corrected chi connectivity index (χ0v) is 20.6. The molecule has 0 saturated carbocycles. The highest BCUT2D eigenvalue weighted by Gasteiger charge is 2.38. The number of nitrogens with one attached hydrogen (secondary N) is 2. The molecular formula is C29H29N3O4. The number of benzene rings is 2. The quantitative estimate of drug-likeness (QED) is 0.502. The molecule has 3 aromatic rings. The number of dihydropyridines is 1. The lowest BCUT2D eigenvalue weighted by molar-refractivity contribution is -0.139. The predicted octanol–water partition coefficient (Wildman–Crippen LogP) is 4.42. The Labute approximate surface area is 210 Å². The van der Waals surface area contributed by atoms with Crippen molar-refractivity contribution in [1.82, 2.24) is 15.6 Å². The summed E-state index contributed by atoms with van der Waals surface area (Å²) in [6, 6.07) is 18.1. The van der Waals surface area contributed by atoms with Crippen LogP contribution in [0.5, 0.6) is 0 Å². The second kappa shape index (κ2) is 9.95. The Kier molecular flexibility index (Phi) is 6.57. The maximum Gasteiger partial charge on any atom is 0.336 e. The normalized spacial score (nSPS) is 19.2. The molecule has 0 radical (unpaired) electrons. The first kappa shape index (κ1) is 23.8. The molecular weight excluding hydrogens is 454 g/mol. The van der Waals surface area contributed by atoms with E-state index in [4.69, 9.17) is 9.47 Å². The van der Waals surface area contributed by atoms with Crippen LogP contribution in [0, 0.1) is 0 Å². The largest absolute Gasteiger partial charge is 0.466 e. The van der Waals surface area contributed by atoms with E-state index in [2.05, 4.69) is 27.8 Å². The van der Waals surface area contributed by atoms with Gasteiger partial charge >= 0.3 is 11.9 Å². The number of nitrogens with zero attached hydrogens (tertiary/aromatic N) is 1. The van der Waals surface area contributed by atoms with Gasteiger partial charge in [0.15, 0.2) is 0 Å². The van der Waals surface area contributed by atoms with Crippen molar-refractivity contribution in [3.63, 3.8) is 0 Å². The van der Waals surface area contributed by atoms with E-state index in [9.17, 15) is 9.59 Å². The Morgan fingerprint density at radius 3 is 2.53 bits per heavy atom. The number of hydrogen-bond donors (Lipinski definition) is 2. The molecule has 7 nitrogen and oxygen atoms in total. The number of ether oxygens (including phenoxy) is 2. The predicted molar refractivity (Wildman–Crippen MR) is 137 cm³/mol. The van der Waals surface area contributed by atoms with E-state index in [-0.39, 0.29) is 12.6 Å². The van der Waals surface area contributed by atoms with Crippen LogP contribution >= 0.6 is 0 Å². The molecule has 2 N–H and O–H groups in total. The summed E-state index contributed by atoms with van der Waals surface area (Å²) in [5.41, 5.74) is 6.13. The number of carbonyl (C=O) groups excluding carboxylic acids is 2. The minimum atomic E-state index is -0.659. The number of rotatable bonds is 6. The number of aromatic nitrogens is 1. The maximum atomic E-state index is 13.5. The molecule has 36 heavy (non-hydrogen) atoms. The summed E-state index contributed by atoms with van der Waals surface area (Å²) in [5, 5.41) is 7.58. The van der Waals surface area contributed by atoms with Crippen molar-refractivity contribution in [2.75, 3.05) is 13.7 Å². The van der Waals surface area contributed by atoms with Gasteiger partial charge in [-0.3, -0.25) is 4.98 Å². The van der Waals surface area contributed by atoms with E-state index < -0.39 is 17.9 Å². The van der Waals surface area contributed by atoms with Crippen LogP contribution in [0.15, 0.2) is 83.3 Å². The van der Waals surface area contributed by atoms with Crippen LogP contribution in [0.25, 0.3) is 10.9 Å². The first-order valence-electron chi connectivity index (χ1n) is 12.1. The van der Waals surface area contributed by atoms with Crippen LogP contribution < -0.4 is 10.6 Å². The zero-order valence-electron chi connectivity index (χ0n) is 20.6. The van der Waals surface area contributed by atoms with Gasteiger partial charge in [-0.1, -0.05) is 42.5 Å². The highest BCUT2D eigenvalue weighted by Crippen LogP contribution is 2.40. The fourth-order valence-electron chi connectivity index (χ4n) is 5.21. The van der Waals surface area contributed by atoms with Crippen LogP contribution in [0.1, 0.15) is 48.9 Å². The molecule has 7 heteroatoms. The molecule has 1 aromatic heterocycles. The van der Waals surface area contributed by atoms with Gasteiger partial charge in [0.1, 0.15) is 0 Å². The molecule has 0 bridgehead atoms. The molecule has 0 aliphatic carbocycles. The molecule has 2 aliphatic rings. The van der Waals surface area contributed by atoms with Crippen molar-refractivity contribution in [2.45, 2.75) is 38.8 Å². The van der Waals surface area contributed by atoms with Gasteiger partial charge in [-0.05, 0) is 42.7 Å². The van der Waals surface area contributed by atoms with E-state index in [1.54, 1.807) is 6.20 Å². The number of pyridine rings is 1. The summed E-state index contributed by atoms with van der Waals surface area (Å²) in [6.07, 6.45) is 2.37. The van der Waals surface area contributed by atoms with Crippen molar-refractivity contribution in [3.8, 4) is 0 Å². The smallest absolute Gasteiger partial charge is 0.336 e. The third-order valence-corrected chi connectivity index (χ3v) is 6.94. The van der Waals surface area contributed by atoms with Gasteiger partial charge in [-0.15, -0.1) is 0 Å². The lowest BCUT2D eigenvalue weighted by Crippen LogP contribution is -2.32. The minimum Gasteiger partial charge on any atom is -0.466 e. The zero-order chi connectivity index (χ0) is 25.2. The maximum absolute atomic E-state index is 13.5. The molecule has 2 aliphatic heterocycles. The molecule has 2 atom stereocenters. The van der Waals surface area contributed by atoms with Crippen LogP contribution in [-0.4, -0.2) is 30.6 Å². The standard InChI is InChI=1S/C29H29N3O4/c1-17-25(28(33)35-3)27(21-14-19-8-5-7-11-23(19)30-16-21)26(18(2)32-17)29(34)36-13-12-24-22-10-6-4-9-20(22)15-31-24/h4-11,14,16,24,27,31-32H,12-13,15H2,1-3H3. The summed E-state index contributed by atoms with van der Waals surface area (Å²) < 4.78 is 10.9. The van der Waals surface area contributed by atoms with Crippen LogP contribution in [0.3, 0.4) is 0 Å². The van der Waals surface area contributed by atoms with Crippen LogP contribution in [-0.2, 0) is 25.6 Å². The SMILES string of the molecule is COC(=O)C1=C(C)NC(C)=C(C(=O)OCCC2NCc3ccccc32)C1c1cnc2ccccc2c1. The fraction of sp³-hybridized carbons (Fsp3) is 0.276. The molecule has 0 amide bonds. The molecule has 5 rings (SSSR count). The van der Waals surface area contributed by atoms with Crippen molar-refractivity contribution in [1.29, 1.82) is 0 Å².